The molecule has 6 aromatic rings. The van der Waals surface area contributed by atoms with Crippen LogP contribution in [0.5, 0.6) is 0 Å². The Bertz CT molecular complexity index is 2300. The predicted molar refractivity (Wildman–Crippen MR) is 255 cm³/mol. The first-order valence-corrected chi connectivity index (χ1v) is 21.5. The monoisotopic (exact) mass is 882 g/mol. The molecule has 0 bridgehead atoms. The fourth-order valence-electron chi connectivity index (χ4n) is 7.82. The van der Waals surface area contributed by atoms with Crippen LogP contribution >= 0.6 is 24.8 Å². The van der Waals surface area contributed by atoms with Gasteiger partial charge in [-0.1, -0.05) is 106 Å². The van der Waals surface area contributed by atoms with Crippen molar-refractivity contribution in [1.29, 1.82) is 0 Å². The van der Waals surface area contributed by atoms with Gasteiger partial charge in [-0.15, -0.1) is 47.9 Å². The summed E-state index contributed by atoms with van der Waals surface area (Å²) >= 11 is 1.44. The van der Waals surface area contributed by atoms with Crippen LogP contribution in [-0.4, -0.2) is 3.21 Å². The van der Waals surface area contributed by atoms with Crippen LogP contribution < -0.4 is 0 Å². The third kappa shape index (κ3) is 10.9. The third-order valence-corrected chi connectivity index (χ3v) is 12.3. The molecule has 8 rings (SSSR count). The molecule has 300 valence electrons. The van der Waals surface area contributed by atoms with Crippen molar-refractivity contribution < 1.29 is 24.2 Å². The van der Waals surface area contributed by atoms with Crippen molar-refractivity contribution in [3.63, 3.8) is 0 Å². The van der Waals surface area contributed by atoms with E-state index in [1.165, 1.54) is 105 Å². The van der Waals surface area contributed by atoms with Crippen molar-refractivity contribution in [2.75, 3.05) is 0 Å². The van der Waals surface area contributed by atoms with E-state index in [9.17, 15) is 0 Å². The Balaban J connectivity index is 0.000000227. The molecule has 3 heteroatoms. The minimum absolute atomic E-state index is 0. The van der Waals surface area contributed by atoms with Gasteiger partial charge in [0.25, 0.3) is 0 Å². The fourth-order valence-corrected chi connectivity index (χ4v) is 8.59. The standard InChI is InChI=1S/C29H41.C21H14.C5H5.2ClH.Zr/c1-26(2,3)22-14-18-13-19-15-23(27(4,5)6)25(29(10,11)12)17-21(19)20(18)16-24(22)28(7,8)9;1-3-7-20-14-16(9-11-18(20)5-1)13-17-10-12-19-6-2-4-8-21(19)15-17;1-2-4-5-3-1;;;/h14,16-17H,13H2,1-12H3;1-12,14-15H;1-3H,4H2;2*1H;/q-1;;-1;;;+2. The number of benzene rings is 6. The van der Waals surface area contributed by atoms with Crippen LogP contribution in [0.15, 0.2) is 121 Å². The number of fused-ring (bicyclic) bond motifs is 5. The van der Waals surface area contributed by atoms with Gasteiger partial charge >= 0.3 is 145 Å². The average Bonchev–Trinajstić information content (AvgIpc) is 3.84. The summed E-state index contributed by atoms with van der Waals surface area (Å²) in [6.07, 6.45) is 11.0. The fraction of sp³-hybridized carbons (Fsp3) is 0.327. The van der Waals surface area contributed by atoms with E-state index in [4.69, 9.17) is 0 Å². The Morgan fingerprint density at radius 3 is 1.40 bits per heavy atom. The zero-order chi connectivity index (χ0) is 40.6. The van der Waals surface area contributed by atoms with Crippen molar-refractivity contribution in [3.8, 4) is 11.1 Å². The van der Waals surface area contributed by atoms with Crippen molar-refractivity contribution >= 4 is 49.6 Å². The van der Waals surface area contributed by atoms with Crippen LogP contribution in [0.1, 0.15) is 134 Å². The summed E-state index contributed by atoms with van der Waals surface area (Å²) in [5, 5.41) is 5.21. The first-order chi connectivity index (χ1) is 26.2. The molecular weight excluding hydrogens is 823 g/mol. The first kappa shape index (κ1) is 47.3. The van der Waals surface area contributed by atoms with E-state index in [2.05, 4.69) is 204 Å². The molecular formula is C55H62Cl2Zr. The van der Waals surface area contributed by atoms with Gasteiger partial charge in [-0.05, 0) is 39.4 Å². The van der Waals surface area contributed by atoms with Gasteiger partial charge < -0.3 is 0 Å². The summed E-state index contributed by atoms with van der Waals surface area (Å²) in [7, 11) is 0. The maximum absolute atomic E-state index is 3.90. The van der Waals surface area contributed by atoms with Crippen LogP contribution in [0, 0.1) is 12.1 Å². The molecule has 0 unspecified atom stereocenters. The second-order valence-corrected chi connectivity index (χ2v) is 20.9. The Kier molecular flexibility index (Phi) is 15.1. The quantitative estimate of drug-likeness (QED) is 0.152. The van der Waals surface area contributed by atoms with E-state index in [-0.39, 0.29) is 46.5 Å². The van der Waals surface area contributed by atoms with Gasteiger partial charge in [0.2, 0.25) is 0 Å². The van der Waals surface area contributed by atoms with Crippen molar-refractivity contribution in [1.82, 2.24) is 0 Å². The summed E-state index contributed by atoms with van der Waals surface area (Å²) in [6.45, 7) is 28.0. The van der Waals surface area contributed by atoms with Crippen molar-refractivity contribution in [2.24, 2.45) is 0 Å². The van der Waals surface area contributed by atoms with E-state index in [0.29, 0.717) is 0 Å². The van der Waals surface area contributed by atoms with E-state index in [1.54, 1.807) is 0 Å². The van der Waals surface area contributed by atoms with E-state index in [1.807, 2.05) is 12.2 Å². The molecule has 0 saturated heterocycles. The Hall–Kier alpha value is -3.35. The predicted octanol–water partition coefficient (Wildman–Crippen LogP) is 15.5. The van der Waals surface area contributed by atoms with Crippen LogP contribution in [0.2, 0.25) is 0 Å². The van der Waals surface area contributed by atoms with E-state index >= 15 is 0 Å². The van der Waals surface area contributed by atoms with Gasteiger partial charge in [-0.25, -0.2) is 12.2 Å². The molecule has 6 aromatic carbocycles. The van der Waals surface area contributed by atoms with Gasteiger partial charge in [0.05, 0.1) is 0 Å². The number of halogens is 2. The molecule has 0 fully saturated rings. The number of allylic oxidation sites excluding steroid dienone is 4. The topological polar surface area (TPSA) is 0 Å². The molecule has 0 aliphatic heterocycles. The summed E-state index contributed by atoms with van der Waals surface area (Å²) < 4.78 is 1.41. The van der Waals surface area contributed by atoms with Gasteiger partial charge in [-0.3, -0.25) is 6.08 Å². The van der Waals surface area contributed by atoms with Gasteiger partial charge in [0, 0.05) is 0 Å². The van der Waals surface area contributed by atoms with E-state index < -0.39 is 0 Å². The second kappa shape index (κ2) is 18.5. The summed E-state index contributed by atoms with van der Waals surface area (Å²) in [5.41, 5.74) is 14.6. The van der Waals surface area contributed by atoms with E-state index in [0.717, 1.165) is 12.8 Å². The molecule has 0 heterocycles. The molecule has 0 spiro atoms. The minimum atomic E-state index is 0. The third-order valence-electron chi connectivity index (χ3n) is 10.9. The second-order valence-electron chi connectivity index (χ2n) is 19.7. The molecule has 0 amide bonds. The van der Waals surface area contributed by atoms with Crippen molar-refractivity contribution in [2.45, 2.75) is 118 Å². The SMILES string of the molecule is CC(C)(C)c1[c-]c2c(cc1C(C)(C)C)-c1cc(C(C)(C)C)c(C(C)(C)C)cc1C2.Cl.Cl.[C-]1=CC=CC1.[Zr+2]=[C](c1ccc2ccccc2c1)c1ccc2ccccc2c1. The molecule has 2 aliphatic rings. The normalized spacial score (nSPS) is 13.1. The number of hydrogen-bond donors (Lipinski definition) is 0. The van der Waals surface area contributed by atoms with Gasteiger partial charge in [0.1, 0.15) is 0 Å². The Morgan fingerprint density at radius 2 is 0.983 bits per heavy atom. The number of hydrogen-bond acceptors (Lipinski definition) is 0. The molecule has 0 aromatic heterocycles. The first-order valence-electron chi connectivity index (χ1n) is 20.3. The average molecular weight is 885 g/mol. The molecule has 0 N–H and O–H groups in total. The molecule has 0 nitrogen and oxygen atoms in total. The maximum atomic E-state index is 3.90. The molecule has 2 aliphatic carbocycles. The van der Waals surface area contributed by atoms with Crippen LogP contribution in [0.4, 0.5) is 0 Å². The van der Waals surface area contributed by atoms with Gasteiger partial charge in [-0.2, -0.15) is 23.8 Å². The Labute approximate surface area is 377 Å². The van der Waals surface area contributed by atoms with Crippen LogP contribution in [-0.2, 0) is 52.3 Å². The van der Waals surface area contributed by atoms with Gasteiger partial charge in [0.15, 0.2) is 0 Å². The summed E-state index contributed by atoms with van der Waals surface area (Å²) in [6, 6.07) is 42.0. The molecule has 58 heavy (non-hydrogen) atoms. The molecule has 0 saturated carbocycles. The zero-order valence-corrected chi connectivity index (χ0v) is 40.9. The van der Waals surface area contributed by atoms with Crippen LogP contribution in [0.25, 0.3) is 32.7 Å². The number of rotatable bonds is 2. The summed E-state index contributed by atoms with van der Waals surface area (Å²) in [4.78, 5) is 0. The molecule has 0 radical (unpaired) electrons. The van der Waals surface area contributed by atoms with Crippen LogP contribution in [0.3, 0.4) is 0 Å². The molecule has 0 atom stereocenters. The van der Waals surface area contributed by atoms with Crippen molar-refractivity contribution in [3.05, 3.63) is 178 Å². The zero-order valence-electron chi connectivity index (χ0n) is 36.8. The summed E-state index contributed by atoms with van der Waals surface area (Å²) in [5.74, 6) is 0. The Morgan fingerprint density at radius 1 is 0.517 bits per heavy atom.